The van der Waals surface area contributed by atoms with E-state index in [2.05, 4.69) is 15.9 Å². The molecule has 1 rings (SSSR count). The quantitative estimate of drug-likeness (QED) is 0.435. The molecule has 80 valence electrons. The molecule has 0 bridgehead atoms. The Hall–Kier alpha value is -0.900. The van der Waals surface area contributed by atoms with Gasteiger partial charge in [-0.05, 0) is 0 Å². The first-order valence-corrected chi connectivity index (χ1v) is 5.60. The summed E-state index contributed by atoms with van der Waals surface area (Å²) in [6, 6.07) is 7.93. The van der Waals surface area contributed by atoms with Crippen molar-refractivity contribution in [1.82, 2.24) is 0 Å². The Bertz CT molecular complexity index is 227. The number of alkyl halides is 1. The van der Waals surface area contributed by atoms with E-state index in [4.69, 9.17) is 0 Å². The normalized spacial score (nSPS) is 7.43. The first-order valence-electron chi connectivity index (χ1n) is 4.47. The Kier molecular flexibility index (Phi) is 13.5. The molecule has 0 radical (unpaired) electrons. The van der Waals surface area contributed by atoms with Crippen molar-refractivity contribution in [2.45, 2.75) is 20.8 Å². The van der Waals surface area contributed by atoms with Crippen LogP contribution >= 0.6 is 15.9 Å². The second-order valence-electron chi connectivity index (χ2n) is 1.86. The molecule has 4 heteroatoms. The maximum absolute atomic E-state index is 10.0. The fourth-order valence-corrected chi connectivity index (χ4v) is 0.550. The summed E-state index contributed by atoms with van der Waals surface area (Å²) < 4.78 is 0. The van der Waals surface area contributed by atoms with Crippen LogP contribution in [0.2, 0.25) is 0 Å². The SMILES string of the molecule is CC.CCBr.O=[N+]([O-])c1ccccc1. The second kappa shape index (κ2) is 12.1. The van der Waals surface area contributed by atoms with E-state index >= 15 is 0 Å². The highest BCUT2D eigenvalue weighted by atomic mass is 79.9. The van der Waals surface area contributed by atoms with Crippen LogP contribution in [-0.2, 0) is 0 Å². The third-order valence-electron chi connectivity index (χ3n) is 0.967. The third-order valence-corrected chi connectivity index (χ3v) is 0.967. The number of benzene rings is 1. The number of halogens is 1. The number of nitrogens with zero attached hydrogens (tertiary/aromatic N) is 1. The third kappa shape index (κ3) is 9.19. The molecular weight excluding hydrogens is 246 g/mol. The van der Waals surface area contributed by atoms with Gasteiger partial charge in [-0.15, -0.1) is 0 Å². The summed E-state index contributed by atoms with van der Waals surface area (Å²) in [5.74, 6) is 0. The van der Waals surface area contributed by atoms with Crippen molar-refractivity contribution in [3.63, 3.8) is 0 Å². The van der Waals surface area contributed by atoms with Gasteiger partial charge in [0.05, 0.1) is 4.92 Å². The van der Waals surface area contributed by atoms with E-state index in [9.17, 15) is 10.1 Å². The Balaban J connectivity index is 0. The van der Waals surface area contributed by atoms with Gasteiger partial charge in [0.2, 0.25) is 0 Å². The van der Waals surface area contributed by atoms with E-state index in [0.29, 0.717) is 0 Å². The van der Waals surface area contributed by atoms with Crippen molar-refractivity contribution in [2.24, 2.45) is 0 Å². The zero-order valence-corrected chi connectivity index (χ0v) is 10.3. The molecular formula is C10H16BrNO2. The number of nitro benzene ring substituents is 1. The molecule has 1 aromatic rings. The van der Waals surface area contributed by atoms with E-state index in [1.165, 1.54) is 12.1 Å². The van der Waals surface area contributed by atoms with Gasteiger partial charge in [-0.25, -0.2) is 0 Å². The van der Waals surface area contributed by atoms with Gasteiger partial charge in [-0.1, -0.05) is 54.9 Å². The summed E-state index contributed by atoms with van der Waals surface area (Å²) in [4.78, 5) is 9.59. The summed E-state index contributed by atoms with van der Waals surface area (Å²) in [7, 11) is 0. The number of hydrogen-bond acceptors (Lipinski definition) is 2. The largest absolute Gasteiger partial charge is 0.269 e. The average molecular weight is 262 g/mol. The van der Waals surface area contributed by atoms with Gasteiger partial charge >= 0.3 is 0 Å². The van der Waals surface area contributed by atoms with Crippen molar-refractivity contribution in [1.29, 1.82) is 0 Å². The topological polar surface area (TPSA) is 43.1 Å². The second-order valence-corrected chi connectivity index (χ2v) is 2.98. The minimum Gasteiger partial charge on any atom is -0.258 e. The van der Waals surface area contributed by atoms with Crippen molar-refractivity contribution in [2.75, 3.05) is 5.33 Å². The number of para-hydroxylation sites is 1. The van der Waals surface area contributed by atoms with Gasteiger partial charge in [-0.2, -0.15) is 0 Å². The van der Waals surface area contributed by atoms with Gasteiger partial charge in [0, 0.05) is 17.5 Å². The lowest BCUT2D eigenvalue weighted by Crippen LogP contribution is -1.84. The Morgan fingerprint density at radius 2 is 1.64 bits per heavy atom. The van der Waals surface area contributed by atoms with Crippen LogP contribution in [-0.4, -0.2) is 10.3 Å². The van der Waals surface area contributed by atoms with Crippen LogP contribution in [0.3, 0.4) is 0 Å². The van der Waals surface area contributed by atoms with Crippen LogP contribution < -0.4 is 0 Å². The molecule has 0 unspecified atom stereocenters. The molecule has 3 nitrogen and oxygen atoms in total. The van der Waals surface area contributed by atoms with Crippen LogP contribution in [0.1, 0.15) is 20.8 Å². The molecule has 0 aliphatic carbocycles. The summed E-state index contributed by atoms with van der Waals surface area (Å²) in [6.45, 7) is 6.04. The smallest absolute Gasteiger partial charge is 0.258 e. The number of rotatable bonds is 1. The molecule has 0 heterocycles. The Labute approximate surface area is 93.4 Å². The molecule has 0 aliphatic rings. The van der Waals surface area contributed by atoms with E-state index in [0.717, 1.165) is 5.33 Å². The maximum atomic E-state index is 10.0. The van der Waals surface area contributed by atoms with Crippen LogP contribution in [0, 0.1) is 10.1 Å². The maximum Gasteiger partial charge on any atom is 0.269 e. The van der Waals surface area contributed by atoms with Crippen molar-refractivity contribution in [3.05, 3.63) is 40.4 Å². The van der Waals surface area contributed by atoms with Gasteiger partial charge < -0.3 is 0 Å². The monoisotopic (exact) mass is 261 g/mol. The van der Waals surface area contributed by atoms with Crippen LogP contribution in [0.15, 0.2) is 30.3 Å². The van der Waals surface area contributed by atoms with Crippen molar-refractivity contribution >= 4 is 21.6 Å². The zero-order valence-electron chi connectivity index (χ0n) is 8.74. The standard InChI is InChI=1S/C6H5NO2.C2H5Br.C2H6/c8-7(9)6-4-2-1-3-5-6;1-2-3;1-2/h1-5H;2H2,1H3;1-2H3. The molecule has 1 aromatic carbocycles. The van der Waals surface area contributed by atoms with Crippen molar-refractivity contribution in [3.8, 4) is 0 Å². The fraction of sp³-hybridized carbons (Fsp3) is 0.400. The summed E-state index contributed by atoms with van der Waals surface area (Å²) in [5, 5.41) is 11.1. The van der Waals surface area contributed by atoms with Gasteiger partial charge in [0.25, 0.3) is 5.69 Å². The highest BCUT2D eigenvalue weighted by Crippen LogP contribution is 2.06. The lowest BCUT2D eigenvalue weighted by molar-refractivity contribution is -0.384. The molecule has 0 spiro atoms. The molecule has 0 aliphatic heterocycles. The van der Waals surface area contributed by atoms with Crippen molar-refractivity contribution < 1.29 is 4.92 Å². The van der Waals surface area contributed by atoms with Gasteiger partial charge in [0.1, 0.15) is 0 Å². The Morgan fingerprint density at radius 1 is 1.29 bits per heavy atom. The minimum absolute atomic E-state index is 0.137. The first-order chi connectivity index (χ1) is 6.72. The Morgan fingerprint density at radius 3 is 1.86 bits per heavy atom. The summed E-state index contributed by atoms with van der Waals surface area (Å²) >= 11 is 3.15. The molecule has 0 amide bonds. The van der Waals surface area contributed by atoms with Gasteiger partial charge in [-0.3, -0.25) is 10.1 Å². The zero-order chi connectivity index (χ0) is 11.4. The van der Waals surface area contributed by atoms with Crippen LogP contribution in [0.4, 0.5) is 5.69 Å². The summed E-state index contributed by atoms with van der Waals surface area (Å²) in [5.41, 5.74) is 0.137. The molecule has 0 aromatic heterocycles. The lowest BCUT2D eigenvalue weighted by Gasteiger charge is -1.85. The number of non-ortho nitro benzene ring substituents is 1. The van der Waals surface area contributed by atoms with Crippen LogP contribution in [0.5, 0.6) is 0 Å². The van der Waals surface area contributed by atoms with Crippen LogP contribution in [0.25, 0.3) is 0 Å². The van der Waals surface area contributed by atoms with E-state index in [1.54, 1.807) is 18.2 Å². The fourth-order valence-electron chi connectivity index (χ4n) is 0.550. The number of nitro groups is 1. The van der Waals surface area contributed by atoms with Gasteiger partial charge in [0.15, 0.2) is 0 Å². The summed E-state index contributed by atoms with van der Waals surface area (Å²) in [6.07, 6.45) is 0. The average Bonchev–Trinajstić information content (AvgIpc) is 2.23. The number of hydrogen-bond donors (Lipinski definition) is 0. The lowest BCUT2D eigenvalue weighted by atomic mass is 10.3. The highest BCUT2D eigenvalue weighted by Gasteiger charge is 1.98. The van der Waals surface area contributed by atoms with E-state index in [1.807, 2.05) is 20.8 Å². The molecule has 0 fully saturated rings. The molecule has 0 N–H and O–H groups in total. The molecule has 0 atom stereocenters. The predicted molar refractivity (Wildman–Crippen MR) is 63.9 cm³/mol. The highest BCUT2D eigenvalue weighted by molar-refractivity contribution is 9.09. The molecule has 0 saturated heterocycles. The molecule has 14 heavy (non-hydrogen) atoms. The predicted octanol–water partition coefficient (Wildman–Crippen LogP) is 4.02. The van der Waals surface area contributed by atoms with E-state index < -0.39 is 4.92 Å². The van der Waals surface area contributed by atoms with E-state index in [-0.39, 0.29) is 5.69 Å². The molecule has 0 saturated carbocycles. The minimum atomic E-state index is -0.417. The first kappa shape index (κ1) is 15.6.